The van der Waals surface area contributed by atoms with E-state index in [0.29, 0.717) is 6.42 Å². The molecule has 86 valence electrons. The second kappa shape index (κ2) is 4.90. The predicted molar refractivity (Wildman–Crippen MR) is 67.4 cm³/mol. The fourth-order valence-electron chi connectivity index (χ4n) is 1.59. The minimum atomic E-state index is -0.479. The maximum absolute atomic E-state index is 11.0. The first-order valence-electron chi connectivity index (χ1n) is 5.02. The number of fused-ring (bicyclic) bond motifs is 1. The Morgan fingerprint density at radius 3 is 3.19 bits per heavy atom. The van der Waals surface area contributed by atoms with Gasteiger partial charge in [-0.3, -0.25) is 0 Å². The van der Waals surface area contributed by atoms with E-state index in [-0.39, 0.29) is 0 Å². The molecule has 0 bridgehead atoms. The van der Waals surface area contributed by atoms with E-state index in [9.17, 15) is 4.79 Å². The minimum Gasteiger partial charge on any atom is -0.454 e. The Labute approximate surface area is 107 Å². The molecule has 1 aliphatic rings. The monoisotopic (exact) mass is 333 g/mol. The van der Waals surface area contributed by atoms with Crippen LogP contribution < -0.4 is 10.1 Å². The molecule has 1 aromatic carbocycles. The van der Waals surface area contributed by atoms with Gasteiger partial charge in [0, 0.05) is 17.0 Å². The Balaban J connectivity index is 2.06. The second-order valence-corrected chi connectivity index (χ2v) is 4.74. The van der Waals surface area contributed by atoms with Crippen molar-refractivity contribution in [3.63, 3.8) is 0 Å². The zero-order valence-electron chi connectivity index (χ0n) is 8.83. The molecule has 0 unspecified atom stereocenters. The van der Waals surface area contributed by atoms with Gasteiger partial charge in [0.1, 0.15) is 5.75 Å². The number of carbonyl (C=O) groups excluding carboxylic acids is 1. The predicted octanol–water partition coefficient (Wildman–Crippen LogP) is 2.30. The summed E-state index contributed by atoms with van der Waals surface area (Å²) in [6.07, 6.45) is 0.625. The Morgan fingerprint density at radius 1 is 1.62 bits per heavy atom. The summed E-state index contributed by atoms with van der Waals surface area (Å²) < 4.78 is 11.8. The maximum Gasteiger partial charge on any atom is 0.409 e. The molecule has 1 atom stereocenters. The number of benzene rings is 1. The first-order valence-corrected chi connectivity index (χ1v) is 6.10. The van der Waals surface area contributed by atoms with Gasteiger partial charge in [0.2, 0.25) is 6.29 Å². The lowest BCUT2D eigenvalue weighted by Gasteiger charge is -2.25. The number of rotatable bonds is 1. The van der Waals surface area contributed by atoms with E-state index in [0.717, 1.165) is 12.2 Å². The number of amides is 1. The molecule has 0 saturated heterocycles. The number of ether oxygens (including phenoxy) is 2. The van der Waals surface area contributed by atoms with Gasteiger partial charge in [0.15, 0.2) is 0 Å². The number of nitrogens with one attached hydrogen (secondary N) is 1. The normalized spacial score (nSPS) is 18.2. The van der Waals surface area contributed by atoms with Gasteiger partial charge in [-0.2, -0.15) is 0 Å². The molecule has 0 fully saturated rings. The van der Waals surface area contributed by atoms with Gasteiger partial charge in [-0.25, -0.2) is 4.79 Å². The molecule has 4 nitrogen and oxygen atoms in total. The number of alkyl carbamates (subject to hydrolysis) is 1. The second-order valence-electron chi connectivity index (χ2n) is 3.49. The van der Waals surface area contributed by atoms with Gasteiger partial charge in [-0.1, -0.05) is 0 Å². The standard InChI is InChI=1S/C11H12INO3/c1-13-11(14)16-10-5-2-7-6-8(12)3-4-9(7)15-10/h3-4,6,10H,2,5H2,1H3,(H,13,14)/t10-/m1/s1. The highest BCUT2D eigenvalue weighted by molar-refractivity contribution is 14.1. The Kier molecular flexibility index (Phi) is 3.52. The number of aryl methyl sites for hydroxylation is 1. The van der Waals surface area contributed by atoms with E-state index in [2.05, 4.69) is 34.0 Å². The van der Waals surface area contributed by atoms with E-state index in [1.807, 2.05) is 12.1 Å². The van der Waals surface area contributed by atoms with Gasteiger partial charge in [0.05, 0.1) is 0 Å². The highest BCUT2D eigenvalue weighted by atomic mass is 127. The van der Waals surface area contributed by atoms with Crippen LogP contribution in [0.4, 0.5) is 4.79 Å². The van der Waals surface area contributed by atoms with Crippen LogP contribution in [0, 0.1) is 3.57 Å². The molecular formula is C11H12INO3. The molecule has 0 aliphatic carbocycles. The molecule has 1 aromatic rings. The molecule has 1 aliphatic heterocycles. The summed E-state index contributed by atoms with van der Waals surface area (Å²) in [5.74, 6) is 0.806. The van der Waals surface area contributed by atoms with Crippen LogP contribution in [0.3, 0.4) is 0 Å². The van der Waals surface area contributed by atoms with Crippen molar-refractivity contribution in [1.29, 1.82) is 0 Å². The molecule has 16 heavy (non-hydrogen) atoms. The third kappa shape index (κ3) is 2.58. The average Bonchev–Trinajstić information content (AvgIpc) is 2.29. The minimum absolute atomic E-state index is 0.459. The van der Waals surface area contributed by atoms with Crippen LogP contribution in [0.5, 0.6) is 5.75 Å². The van der Waals surface area contributed by atoms with E-state index in [4.69, 9.17) is 9.47 Å². The summed E-state index contributed by atoms with van der Waals surface area (Å²) in [7, 11) is 1.53. The van der Waals surface area contributed by atoms with Crippen molar-refractivity contribution in [3.8, 4) is 5.75 Å². The van der Waals surface area contributed by atoms with Crippen LogP contribution >= 0.6 is 22.6 Å². The zero-order valence-corrected chi connectivity index (χ0v) is 11.0. The van der Waals surface area contributed by atoms with Crippen molar-refractivity contribution in [3.05, 3.63) is 27.3 Å². The zero-order chi connectivity index (χ0) is 11.5. The summed E-state index contributed by atoms with van der Waals surface area (Å²) in [6.45, 7) is 0. The van der Waals surface area contributed by atoms with Crippen molar-refractivity contribution in [2.45, 2.75) is 19.1 Å². The van der Waals surface area contributed by atoms with Crippen molar-refractivity contribution in [2.24, 2.45) is 0 Å². The molecule has 0 spiro atoms. The lowest BCUT2D eigenvalue weighted by molar-refractivity contribution is -0.0438. The third-order valence-corrected chi connectivity index (χ3v) is 3.04. The van der Waals surface area contributed by atoms with E-state index in [1.54, 1.807) is 0 Å². The Bertz CT molecular complexity index is 408. The largest absolute Gasteiger partial charge is 0.454 e. The van der Waals surface area contributed by atoms with E-state index in [1.165, 1.54) is 16.2 Å². The lowest BCUT2D eigenvalue weighted by atomic mass is 10.1. The fourth-order valence-corrected chi connectivity index (χ4v) is 2.15. The molecule has 1 N–H and O–H groups in total. The first kappa shape index (κ1) is 11.5. The molecule has 2 rings (SSSR count). The van der Waals surface area contributed by atoms with Crippen LogP contribution in [0.1, 0.15) is 12.0 Å². The summed E-state index contributed by atoms with van der Waals surface area (Å²) in [5, 5.41) is 2.40. The smallest absolute Gasteiger partial charge is 0.409 e. The quantitative estimate of drug-likeness (QED) is 0.803. The summed E-state index contributed by atoms with van der Waals surface area (Å²) >= 11 is 2.27. The number of carbonyl (C=O) groups is 1. The van der Waals surface area contributed by atoms with Crippen molar-refractivity contribution in [2.75, 3.05) is 7.05 Å². The summed E-state index contributed by atoms with van der Waals surface area (Å²) in [5.41, 5.74) is 1.17. The molecule has 0 saturated carbocycles. The average molecular weight is 333 g/mol. The topological polar surface area (TPSA) is 47.6 Å². The van der Waals surface area contributed by atoms with Gasteiger partial charge in [-0.15, -0.1) is 0 Å². The maximum atomic E-state index is 11.0. The SMILES string of the molecule is CNC(=O)O[C@@H]1CCc2cc(I)ccc2O1. The molecule has 0 aromatic heterocycles. The van der Waals surface area contributed by atoms with Crippen molar-refractivity contribution in [1.82, 2.24) is 5.32 Å². The van der Waals surface area contributed by atoms with E-state index < -0.39 is 12.4 Å². The third-order valence-electron chi connectivity index (χ3n) is 2.37. The van der Waals surface area contributed by atoms with Crippen LogP contribution in [-0.4, -0.2) is 19.4 Å². The van der Waals surface area contributed by atoms with E-state index >= 15 is 0 Å². The highest BCUT2D eigenvalue weighted by Crippen LogP contribution is 2.29. The van der Waals surface area contributed by atoms with Gasteiger partial charge in [0.25, 0.3) is 0 Å². The lowest BCUT2D eigenvalue weighted by Crippen LogP contribution is -2.32. The number of halogens is 1. The molecule has 5 heteroatoms. The summed E-state index contributed by atoms with van der Waals surface area (Å²) in [6, 6.07) is 5.98. The molecule has 1 heterocycles. The van der Waals surface area contributed by atoms with Crippen LogP contribution in [0.2, 0.25) is 0 Å². The Morgan fingerprint density at radius 2 is 2.44 bits per heavy atom. The van der Waals surface area contributed by atoms with Crippen LogP contribution in [-0.2, 0) is 11.2 Å². The molecular weight excluding hydrogens is 321 g/mol. The van der Waals surface area contributed by atoms with Gasteiger partial charge < -0.3 is 14.8 Å². The first-order chi connectivity index (χ1) is 7.69. The van der Waals surface area contributed by atoms with Gasteiger partial charge >= 0.3 is 6.09 Å². The number of hydrogen-bond donors (Lipinski definition) is 1. The van der Waals surface area contributed by atoms with Crippen LogP contribution in [0.25, 0.3) is 0 Å². The molecule has 1 amide bonds. The van der Waals surface area contributed by atoms with Crippen molar-refractivity contribution < 1.29 is 14.3 Å². The Hall–Kier alpha value is -0.980. The van der Waals surface area contributed by atoms with Crippen LogP contribution in [0.15, 0.2) is 18.2 Å². The fraction of sp³-hybridized carbons (Fsp3) is 0.364. The highest BCUT2D eigenvalue weighted by Gasteiger charge is 2.22. The summed E-state index contributed by atoms with van der Waals surface area (Å²) in [4.78, 5) is 11.0. The number of hydrogen-bond acceptors (Lipinski definition) is 3. The van der Waals surface area contributed by atoms with Crippen molar-refractivity contribution >= 4 is 28.7 Å². The molecule has 0 radical (unpaired) electrons. The van der Waals surface area contributed by atoms with Gasteiger partial charge in [-0.05, 0) is 52.8 Å².